The molecular weight excluding hydrogens is 370 g/mol. The van der Waals surface area contributed by atoms with Crippen LogP contribution in [-0.2, 0) is 5.60 Å². The summed E-state index contributed by atoms with van der Waals surface area (Å²) in [6, 6.07) is 9.48. The molecule has 0 aliphatic carbocycles. The van der Waals surface area contributed by atoms with Crippen LogP contribution in [0.15, 0.2) is 55.0 Å². The van der Waals surface area contributed by atoms with Crippen molar-refractivity contribution < 1.29 is 13.4 Å². The molecule has 0 fully saturated rings. The number of pyridine rings is 1. The first-order chi connectivity index (χ1) is 12.9. The molecule has 1 N–H and O–H groups in total. The van der Waals surface area contributed by atoms with E-state index in [9.17, 15) is 13.4 Å². The normalized spacial score (nSPS) is 12.0. The summed E-state index contributed by atoms with van der Waals surface area (Å²) in [6.07, 6.45) is 5.32. The fraction of sp³-hybridized carbons (Fsp3) is 0.158. The highest BCUT2D eigenvalue weighted by Gasteiger charge is 2.31. The summed E-state index contributed by atoms with van der Waals surface area (Å²) in [5, 5.41) is 15.0. The van der Waals surface area contributed by atoms with Gasteiger partial charge in [0.15, 0.2) is 12.3 Å². The van der Waals surface area contributed by atoms with E-state index in [-0.39, 0.29) is 18.2 Å². The Morgan fingerprint density at radius 3 is 2.44 bits per heavy atom. The summed E-state index contributed by atoms with van der Waals surface area (Å²) < 4.78 is 29.9. The van der Waals surface area contributed by atoms with Crippen LogP contribution in [0.25, 0.3) is 28.0 Å². The standard InChI is InChI=1S/C19H16F2N4OS/c1-19(2,26)18-16(13-5-8-15-22-9-10-24(15)11-13)17(23-25(18)27-21)12-3-6-14(20)7-4-12/h3-11,26H,1-2H3. The summed E-state index contributed by atoms with van der Waals surface area (Å²) >= 11 is -0.0926. The molecule has 0 aliphatic rings. The van der Waals surface area contributed by atoms with Crippen molar-refractivity contribution in [1.82, 2.24) is 18.6 Å². The minimum absolute atomic E-state index is 0.0926. The Kier molecular flexibility index (Phi) is 4.24. The molecule has 0 amide bonds. The first kappa shape index (κ1) is 17.7. The number of imidazole rings is 1. The zero-order valence-corrected chi connectivity index (χ0v) is 15.4. The number of nitrogens with zero attached hydrogens (tertiary/aromatic N) is 4. The third kappa shape index (κ3) is 3.11. The largest absolute Gasteiger partial charge is 0.384 e. The minimum Gasteiger partial charge on any atom is -0.384 e. The number of benzene rings is 1. The number of aromatic nitrogens is 4. The lowest BCUT2D eigenvalue weighted by Crippen LogP contribution is -2.20. The van der Waals surface area contributed by atoms with Crippen molar-refractivity contribution in [3.63, 3.8) is 0 Å². The molecule has 0 bridgehead atoms. The lowest BCUT2D eigenvalue weighted by Gasteiger charge is -2.20. The molecule has 8 heteroatoms. The number of hydrogen-bond donors (Lipinski definition) is 1. The fourth-order valence-corrected chi connectivity index (χ4v) is 3.64. The maximum Gasteiger partial charge on any atom is 0.187 e. The molecule has 0 saturated carbocycles. The molecule has 27 heavy (non-hydrogen) atoms. The van der Waals surface area contributed by atoms with Crippen LogP contribution in [0.4, 0.5) is 8.28 Å². The van der Waals surface area contributed by atoms with Crippen molar-refractivity contribution in [2.24, 2.45) is 0 Å². The van der Waals surface area contributed by atoms with Crippen molar-refractivity contribution in [3.05, 3.63) is 66.5 Å². The number of halogens is 2. The molecule has 0 unspecified atom stereocenters. The van der Waals surface area contributed by atoms with Gasteiger partial charge in [-0.2, -0.15) is 9.19 Å². The molecule has 0 atom stereocenters. The molecule has 3 heterocycles. The predicted molar refractivity (Wildman–Crippen MR) is 101 cm³/mol. The minimum atomic E-state index is -1.36. The lowest BCUT2D eigenvalue weighted by atomic mass is 9.93. The van der Waals surface area contributed by atoms with Gasteiger partial charge in [-0.05, 0) is 50.2 Å². The number of rotatable bonds is 4. The molecule has 4 aromatic rings. The van der Waals surface area contributed by atoms with Gasteiger partial charge in [0.1, 0.15) is 22.8 Å². The van der Waals surface area contributed by atoms with Gasteiger partial charge in [-0.15, -0.1) is 3.89 Å². The molecule has 138 valence electrons. The van der Waals surface area contributed by atoms with E-state index in [0.29, 0.717) is 22.5 Å². The third-order valence-electron chi connectivity index (χ3n) is 4.30. The lowest BCUT2D eigenvalue weighted by molar-refractivity contribution is 0.0731. The highest BCUT2D eigenvalue weighted by Crippen LogP contribution is 2.41. The predicted octanol–water partition coefficient (Wildman–Crippen LogP) is 4.61. The monoisotopic (exact) mass is 386 g/mol. The van der Waals surface area contributed by atoms with E-state index < -0.39 is 5.60 Å². The van der Waals surface area contributed by atoms with Crippen molar-refractivity contribution in [2.45, 2.75) is 19.4 Å². The van der Waals surface area contributed by atoms with E-state index in [1.807, 2.05) is 22.7 Å². The zero-order chi connectivity index (χ0) is 19.2. The molecule has 0 radical (unpaired) electrons. The van der Waals surface area contributed by atoms with Gasteiger partial charge >= 0.3 is 0 Å². The molecule has 1 aromatic carbocycles. The van der Waals surface area contributed by atoms with Crippen LogP contribution in [-0.4, -0.2) is 23.7 Å². The summed E-state index contributed by atoms with van der Waals surface area (Å²) in [6.45, 7) is 3.15. The van der Waals surface area contributed by atoms with Crippen LogP contribution in [0.1, 0.15) is 19.5 Å². The molecule has 0 aliphatic heterocycles. The van der Waals surface area contributed by atoms with Crippen LogP contribution in [0.2, 0.25) is 0 Å². The molecule has 3 aromatic heterocycles. The Morgan fingerprint density at radius 1 is 1.07 bits per heavy atom. The third-order valence-corrected chi connectivity index (χ3v) is 4.69. The van der Waals surface area contributed by atoms with Crippen LogP contribution in [0.3, 0.4) is 0 Å². The summed E-state index contributed by atoms with van der Waals surface area (Å²) in [5.74, 6) is -0.373. The van der Waals surface area contributed by atoms with Crippen molar-refractivity contribution in [1.29, 1.82) is 0 Å². The van der Waals surface area contributed by atoms with Gasteiger partial charge in [-0.1, -0.05) is 0 Å². The molecular formula is C19H16F2N4OS. The highest BCUT2D eigenvalue weighted by atomic mass is 32.2. The molecule has 0 spiro atoms. The van der Waals surface area contributed by atoms with Gasteiger partial charge in [0.2, 0.25) is 0 Å². The van der Waals surface area contributed by atoms with Gasteiger partial charge in [0.25, 0.3) is 0 Å². The Balaban J connectivity index is 2.04. The summed E-state index contributed by atoms with van der Waals surface area (Å²) in [7, 11) is 0. The van der Waals surface area contributed by atoms with Crippen LogP contribution < -0.4 is 0 Å². The van der Waals surface area contributed by atoms with Crippen molar-refractivity contribution in [3.8, 4) is 22.4 Å². The average Bonchev–Trinajstić information content (AvgIpc) is 3.25. The second kappa shape index (κ2) is 6.47. The number of fused-ring (bicyclic) bond motifs is 1. The Morgan fingerprint density at radius 2 is 1.78 bits per heavy atom. The van der Waals surface area contributed by atoms with E-state index in [0.717, 1.165) is 15.3 Å². The topological polar surface area (TPSA) is 55.4 Å². The molecule has 4 rings (SSSR count). The van der Waals surface area contributed by atoms with E-state index >= 15 is 0 Å². The van der Waals surface area contributed by atoms with E-state index in [1.54, 1.807) is 38.4 Å². The SMILES string of the molecule is CC(C)(O)c1c(-c2ccc3nccn3c2)c(-c2ccc(F)cc2)nn1SF. The Bertz CT molecular complexity index is 1110. The van der Waals surface area contributed by atoms with Gasteiger partial charge in [-0.25, -0.2) is 9.37 Å². The van der Waals surface area contributed by atoms with E-state index in [2.05, 4.69) is 10.1 Å². The van der Waals surface area contributed by atoms with Crippen LogP contribution in [0.5, 0.6) is 0 Å². The molecule has 0 saturated heterocycles. The average molecular weight is 386 g/mol. The van der Waals surface area contributed by atoms with E-state index in [4.69, 9.17) is 0 Å². The maximum absolute atomic E-state index is 13.6. The summed E-state index contributed by atoms with van der Waals surface area (Å²) in [5.41, 5.74) is 2.11. The first-order valence-corrected chi connectivity index (χ1v) is 8.90. The zero-order valence-electron chi connectivity index (χ0n) is 14.6. The Hall–Kier alpha value is -2.71. The van der Waals surface area contributed by atoms with Crippen molar-refractivity contribution in [2.75, 3.05) is 0 Å². The number of aliphatic hydroxyl groups is 1. The first-order valence-electron chi connectivity index (χ1n) is 8.22. The van der Waals surface area contributed by atoms with Crippen LogP contribution in [0, 0.1) is 5.82 Å². The second-order valence-electron chi connectivity index (χ2n) is 6.69. The quantitative estimate of drug-likeness (QED) is 0.556. The van der Waals surface area contributed by atoms with E-state index in [1.165, 1.54) is 12.1 Å². The summed E-state index contributed by atoms with van der Waals surface area (Å²) in [4.78, 5) is 4.22. The van der Waals surface area contributed by atoms with Crippen LogP contribution >= 0.6 is 12.3 Å². The van der Waals surface area contributed by atoms with Crippen molar-refractivity contribution >= 4 is 18.0 Å². The molecule has 5 nitrogen and oxygen atoms in total. The van der Waals surface area contributed by atoms with Gasteiger partial charge in [0.05, 0.1) is 5.69 Å². The highest BCUT2D eigenvalue weighted by molar-refractivity contribution is 7.92. The smallest absolute Gasteiger partial charge is 0.187 e. The van der Waals surface area contributed by atoms with Gasteiger partial charge < -0.3 is 9.51 Å². The fourth-order valence-electron chi connectivity index (χ4n) is 3.14. The van der Waals surface area contributed by atoms with Gasteiger partial charge in [0, 0.05) is 35.3 Å². The number of hydrogen-bond acceptors (Lipinski definition) is 4. The second-order valence-corrected chi connectivity index (χ2v) is 7.17. The van der Waals surface area contributed by atoms with Gasteiger partial charge in [-0.3, -0.25) is 0 Å². The maximum atomic E-state index is 13.6. The Labute approximate surface area is 158 Å².